The standard InChI is InChI=1S/C22H16N2O2/c25-20(16-9-3-1-4-10-16)15-24-21(17-11-5-2-6-12-17)23-19-14-8-7-13-18(19)22(24)26/h1-14H,15H2. The van der Waals surface area contributed by atoms with Gasteiger partial charge in [-0.25, -0.2) is 4.98 Å². The Labute approximate surface area is 150 Å². The number of hydrogen-bond acceptors (Lipinski definition) is 3. The quantitative estimate of drug-likeness (QED) is 0.529. The molecule has 0 amide bonds. The van der Waals surface area contributed by atoms with Crippen molar-refractivity contribution in [2.24, 2.45) is 0 Å². The molecule has 4 aromatic rings. The summed E-state index contributed by atoms with van der Waals surface area (Å²) in [6, 6.07) is 25.7. The highest BCUT2D eigenvalue weighted by atomic mass is 16.1. The van der Waals surface area contributed by atoms with Gasteiger partial charge >= 0.3 is 0 Å². The van der Waals surface area contributed by atoms with E-state index >= 15 is 0 Å². The van der Waals surface area contributed by atoms with Crippen LogP contribution in [0.4, 0.5) is 0 Å². The van der Waals surface area contributed by atoms with Crippen LogP contribution in [0.3, 0.4) is 0 Å². The smallest absolute Gasteiger partial charge is 0.262 e. The molecule has 0 bridgehead atoms. The van der Waals surface area contributed by atoms with Crippen LogP contribution >= 0.6 is 0 Å². The van der Waals surface area contributed by atoms with Crippen LogP contribution in [0.1, 0.15) is 10.4 Å². The molecule has 3 aromatic carbocycles. The maximum absolute atomic E-state index is 13.1. The summed E-state index contributed by atoms with van der Waals surface area (Å²) in [7, 11) is 0. The number of carbonyl (C=O) groups excluding carboxylic acids is 1. The van der Waals surface area contributed by atoms with E-state index in [1.54, 1.807) is 24.3 Å². The lowest BCUT2D eigenvalue weighted by molar-refractivity contribution is 0.0971. The number of aromatic nitrogens is 2. The second-order valence-corrected chi connectivity index (χ2v) is 6.00. The van der Waals surface area contributed by atoms with Gasteiger partial charge in [0.2, 0.25) is 0 Å². The largest absolute Gasteiger partial charge is 0.292 e. The first-order valence-corrected chi connectivity index (χ1v) is 8.37. The average Bonchev–Trinajstić information content (AvgIpc) is 2.71. The van der Waals surface area contributed by atoms with E-state index in [9.17, 15) is 9.59 Å². The van der Waals surface area contributed by atoms with E-state index in [0.29, 0.717) is 22.3 Å². The minimum atomic E-state index is -0.210. The molecule has 4 nitrogen and oxygen atoms in total. The zero-order valence-electron chi connectivity index (χ0n) is 14.0. The molecule has 0 saturated heterocycles. The Hall–Kier alpha value is -3.53. The van der Waals surface area contributed by atoms with E-state index < -0.39 is 0 Å². The molecule has 4 heteroatoms. The minimum absolute atomic E-state index is 0.0507. The van der Waals surface area contributed by atoms with E-state index in [-0.39, 0.29) is 17.9 Å². The van der Waals surface area contributed by atoms with Crippen LogP contribution in [0, 0.1) is 0 Å². The zero-order valence-corrected chi connectivity index (χ0v) is 14.0. The number of rotatable bonds is 4. The van der Waals surface area contributed by atoms with E-state index in [0.717, 1.165) is 5.56 Å². The molecule has 0 atom stereocenters. The fourth-order valence-electron chi connectivity index (χ4n) is 2.98. The molecule has 0 unspecified atom stereocenters. The summed E-state index contributed by atoms with van der Waals surface area (Å²) in [4.78, 5) is 30.4. The van der Waals surface area contributed by atoms with Gasteiger partial charge in [-0.1, -0.05) is 72.8 Å². The number of nitrogens with zero attached hydrogens (tertiary/aromatic N) is 2. The molecular weight excluding hydrogens is 324 g/mol. The van der Waals surface area contributed by atoms with Crippen LogP contribution in [-0.2, 0) is 6.54 Å². The predicted molar refractivity (Wildman–Crippen MR) is 102 cm³/mol. The molecule has 1 aromatic heterocycles. The van der Waals surface area contributed by atoms with Gasteiger partial charge in [-0.2, -0.15) is 0 Å². The zero-order chi connectivity index (χ0) is 17.9. The van der Waals surface area contributed by atoms with Crippen molar-refractivity contribution in [3.05, 3.63) is 101 Å². The Balaban J connectivity index is 1.90. The molecule has 0 aliphatic carbocycles. The van der Waals surface area contributed by atoms with Crippen molar-refractivity contribution in [3.8, 4) is 11.4 Å². The maximum Gasteiger partial charge on any atom is 0.262 e. The monoisotopic (exact) mass is 340 g/mol. The summed E-state index contributed by atoms with van der Waals surface area (Å²) in [6.07, 6.45) is 0. The van der Waals surface area contributed by atoms with E-state index in [4.69, 9.17) is 0 Å². The fourth-order valence-corrected chi connectivity index (χ4v) is 2.98. The van der Waals surface area contributed by atoms with Gasteiger partial charge in [0, 0.05) is 11.1 Å². The number of fused-ring (bicyclic) bond motifs is 1. The van der Waals surface area contributed by atoms with Gasteiger partial charge in [0.25, 0.3) is 5.56 Å². The fraction of sp³-hybridized carbons (Fsp3) is 0.0455. The summed E-state index contributed by atoms with van der Waals surface area (Å²) in [5.41, 5.74) is 1.79. The van der Waals surface area contributed by atoms with Crippen LogP contribution in [0.25, 0.3) is 22.3 Å². The van der Waals surface area contributed by atoms with Gasteiger partial charge in [0.05, 0.1) is 17.4 Å². The van der Waals surface area contributed by atoms with E-state index in [2.05, 4.69) is 4.98 Å². The molecule has 126 valence electrons. The van der Waals surface area contributed by atoms with Gasteiger partial charge in [0.1, 0.15) is 5.82 Å². The number of carbonyl (C=O) groups is 1. The lowest BCUT2D eigenvalue weighted by Gasteiger charge is -2.13. The van der Waals surface area contributed by atoms with Crippen LogP contribution in [0.5, 0.6) is 0 Å². The van der Waals surface area contributed by atoms with Crippen LogP contribution < -0.4 is 5.56 Å². The summed E-state index contributed by atoms with van der Waals surface area (Å²) in [5.74, 6) is 0.376. The first-order chi connectivity index (χ1) is 12.7. The Morgan fingerprint density at radius 3 is 2.15 bits per heavy atom. The van der Waals surface area contributed by atoms with Crippen molar-refractivity contribution in [1.29, 1.82) is 0 Å². The van der Waals surface area contributed by atoms with Gasteiger partial charge in [-0.05, 0) is 12.1 Å². The molecule has 0 saturated carbocycles. The second-order valence-electron chi connectivity index (χ2n) is 6.00. The van der Waals surface area contributed by atoms with Crippen molar-refractivity contribution in [3.63, 3.8) is 0 Å². The van der Waals surface area contributed by atoms with Crippen molar-refractivity contribution < 1.29 is 4.79 Å². The molecule has 0 radical (unpaired) electrons. The Morgan fingerprint density at radius 1 is 0.808 bits per heavy atom. The van der Waals surface area contributed by atoms with Crippen molar-refractivity contribution >= 4 is 16.7 Å². The van der Waals surface area contributed by atoms with Gasteiger partial charge < -0.3 is 0 Å². The van der Waals surface area contributed by atoms with Crippen molar-refractivity contribution in [2.75, 3.05) is 0 Å². The molecule has 0 aliphatic rings. The molecule has 4 rings (SSSR count). The number of Topliss-reactive ketones (excluding diaryl/α,β-unsaturated/α-hetero) is 1. The first kappa shape index (κ1) is 16.0. The van der Waals surface area contributed by atoms with Gasteiger partial charge in [0.15, 0.2) is 5.78 Å². The normalized spacial score (nSPS) is 10.8. The highest BCUT2D eigenvalue weighted by Gasteiger charge is 2.16. The lowest BCUT2D eigenvalue weighted by atomic mass is 10.1. The van der Waals surface area contributed by atoms with Crippen LogP contribution in [0.2, 0.25) is 0 Å². The Morgan fingerprint density at radius 2 is 1.42 bits per heavy atom. The first-order valence-electron chi connectivity index (χ1n) is 8.37. The molecule has 0 fully saturated rings. The third kappa shape index (κ3) is 2.93. The molecular formula is C22H16N2O2. The second kappa shape index (κ2) is 6.76. The molecule has 0 N–H and O–H groups in total. The van der Waals surface area contributed by atoms with E-state index in [1.807, 2.05) is 60.7 Å². The van der Waals surface area contributed by atoms with Crippen LogP contribution in [0.15, 0.2) is 89.7 Å². The number of para-hydroxylation sites is 1. The molecule has 0 aliphatic heterocycles. The van der Waals surface area contributed by atoms with Gasteiger partial charge in [-0.3, -0.25) is 14.2 Å². The Bertz CT molecular complexity index is 1130. The third-order valence-corrected chi connectivity index (χ3v) is 4.29. The van der Waals surface area contributed by atoms with Crippen LogP contribution in [-0.4, -0.2) is 15.3 Å². The van der Waals surface area contributed by atoms with Gasteiger partial charge in [-0.15, -0.1) is 0 Å². The van der Waals surface area contributed by atoms with E-state index in [1.165, 1.54) is 4.57 Å². The van der Waals surface area contributed by atoms with Crippen molar-refractivity contribution in [2.45, 2.75) is 6.54 Å². The van der Waals surface area contributed by atoms with Crippen molar-refractivity contribution in [1.82, 2.24) is 9.55 Å². The number of hydrogen-bond donors (Lipinski definition) is 0. The summed E-state index contributed by atoms with van der Waals surface area (Å²) in [6.45, 7) is -0.0507. The SMILES string of the molecule is O=C(Cn1c(-c2ccccc2)nc2ccccc2c1=O)c1ccccc1. The predicted octanol–water partition coefficient (Wildman–Crippen LogP) is 3.95. The number of benzene rings is 3. The molecule has 26 heavy (non-hydrogen) atoms. The summed E-state index contributed by atoms with van der Waals surface area (Å²) >= 11 is 0. The highest BCUT2D eigenvalue weighted by molar-refractivity contribution is 5.96. The molecule has 1 heterocycles. The highest BCUT2D eigenvalue weighted by Crippen LogP contribution is 2.19. The number of ketones is 1. The average molecular weight is 340 g/mol. The lowest BCUT2D eigenvalue weighted by Crippen LogP contribution is -2.27. The summed E-state index contributed by atoms with van der Waals surface area (Å²) in [5, 5.41) is 0.507. The topological polar surface area (TPSA) is 52.0 Å². The molecule has 0 spiro atoms. The maximum atomic E-state index is 13.1. The Kier molecular flexibility index (Phi) is 4.15. The third-order valence-electron chi connectivity index (χ3n) is 4.29. The summed E-state index contributed by atoms with van der Waals surface area (Å²) < 4.78 is 1.47. The minimum Gasteiger partial charge on any atom is -0.292 e.